The number of hydrogen-bond acceptors (Lipinski definition) is 8. The molecule has 8 atom stereocenters. The monoisotopic (exact) mass is 752 g/mol. The van der Waals surface area contributed by atoms with Crippen LogP contribution < -0.4 is 69.3 Å². The van der Waals surface area contributed by atoms with Crippen LogP contribution in [0.15, 0.2) is 71.8 Å². The smallest absolute Gasteiger partial charge is 0.545 e. The molecule has 54 heavy (non-hydrogen) atoms. The van der Waals surface area contributed by atoms with Crippen molar-refractivity contribution < 1.29 is 98.0 Å². The number of ether oxygens (including phenoxy) is 2. The molecule has 0 aromatic heterocycles. The summed E-state index contributed by atoms with van der Waals surface area (Å²) in [4.78, 5) is 50.3. The number of allylic oxidation sites excluding steroid dienone is 4. The molecular weight excluding hydrogens is 702 g/mol. The number of carboxylic acids is 2. The van der Waals surface area contributed by atoms with Gasteiger partial charge in [-0.15, -0.1) is 0 Å². The van der Waals surface area contributed by atoms with Crippen molar-refractivity contribution in [3.05, 3.63) is 94.1 Å². The summed E-state index contributed by atoms with van der Waals surface area (Å²) in [6, 6.07) is 12.2. The van der Waals surface area contributed by atoms with Crippen LogP contribution in [0.1, 0.15) is 141 Å². The zero-order valence-corrected chi connectivity index (χ0v) is 37.2. The minimum atomic E-state index is -1.40. The predicted octanol–water partition coefficient (Wildman–Crippen LogP) is 0.888. The first-order valence-electron chi connectivity index (χ1n) is 18.9. The predicted molar refractivity (Wildman–Crippen MR) is 191 cm³/mol. The molecule has 2 aromatic rings. The van der Waals surface area contributed by atoms with E-state index in [2.05, 4.69) is 46.8 Å². The van der Waals surface area contributed by atoms with Gasteiger partial charge in [-0.2, -0.15) is 0 Å². The minimum absolute atomic E-state index is 0. The second-order valence-electron chi connectivity index (χ2n) is 17.9. The molecule has 4 saturated carbocycles. The van der Waals surface area contributed by atoms with Gasteiger partial charge in [-0.05, 0) is 111 Å². The standard InChI is InChI=1S/C44H52O8.2Na/c1-40(2)33-18-21-43(5)31-17-20-41(3)23-24-42(4,52-39(50)29-14-10-8-12-27(29)37(47)48)25-32(41)30(31)15-16-34(43)44(33,6)22-19-35(40)51-38(49)28-13-9-7-11-26(28)36(45)46;;/h7-16,31-33,35H,17-25H2,1-6H3,(H,45,46)(H,47,48);;/q;2*+1/p-2/t31?,32?,33?,35-,41?,42?,43-,44-;;/m0../s1. The van der Waals surface area contributed by atoms with Crippen LogP contribution in [0.3, 0.4) is 0 Å². The van der Waals surface area contributed by atoms with Crippen LogP contribution in [0.2, 0.25) is 0 Å². The first kappa shape index (κ1) is 42.9. The fourth-order valence-corrected chi connectivity index (χ4v) is 11.8. The van der Waals surface area contributed by atoms with Gasteiger partial charge in [0.25, 0.3) is 0 Å². The summed E-state index contributed by atoms with van der Waals surface area (Å²) in [7, 11) is 0. The maximum absolute atomic E-state index is 13.4. The van der Waals surface area contributed by atoms with E-state index in [9.17, 15) is 29.4 Å². The van der Waals surface area contributed by atoms with E-state index in [0.717, 1.165) is 44.9 Å². The van der Waals surface area contributed by atoms with Crippen LogP contribution in [0.25, 0.3) is 0 Å². The molecule has 0 N–H and O–H groups in total. The molecule has 0 radical (unpaired) electrons. The minimum Gasteiger partial charge on any atom is -0.545 e. The Morgan fingerprint density at radius 1 is 0.630 bits per heavy atom. The molecule has 7 rings (SSSR count). The Labute approximate surface area is 363 Å². The molecule has 5 unspecified atom stereocenters. The van der Waals surface area contributed by atoms with Crippen molar-refractivity contribution >= 4 is 23.9 Å². The molecule has 10 heteroatoms. The molecule has 0 aliphatic heterocycles. The molecule has 0 bridgehead atoms. The van der Waals surface area contributed by atoms with Gasteiger partial charge in [-0.3, -0.25) is 0 Å². The number of carbonyl (C=O) groups excluding carboxylic acids is 4. The molecule has 0 saturated heterocycles. The van der Waals surface area contributed by atoms with Crippen LogP contribution in [-0.4, -0.2) is 35.6 Å². The van der Waals surface area contributed by atoms with Gasteiger partial charge in [0, 0.05) is 16.5 Å². The Kier molecular flexibility index (Phi) is 12.1. The zero-order valence-electron chi connectivity index (χ0n) is 33.2. The third-order valence-corrected chi connectivity index (χ3v) is 14.7. The number of rotatable bonds is 6. The van der Waals surface area contributed by atoms with E-state index < -0.39 is 29.5 Å². The van der Waals surface area contributed by atoms with Crippen molar-refractivity contribution in [3.63, 3.8) is 0 Å². The van der Waals surface area contributed by atoms with Gasteiger partial charge in [0.15, 0.2) is 0 Å². The molecular formula is C44H50Na2O8. The number of hydrogen-bond donors (Lipinski definition) is 0. The van der Waals surface area contributed by atoms with E-state index in [1.54, 1.807) is 24.3 Å². The van der Waals surface area contributed by atoms with Crippen molar-refractivity contribution in [2.45, 2.75) is 111 Å². The van der Waals surface area contributed by atoms with E-state index in [4.69, 9.17) is 9.47 Å². The van der Waals surface area contributed by atoms with E-state index in [1.807, 2.05) is 6.92 Å². The van der Waals surface area contributed by atoms with Gasteiger partial charge in [0.05, 0.1) is 23.1 Å². The normalized spacial score (nSPS) is 34.6. The molecule has 5 aliphatic rings. The number of carbonyl (C=O) groups is 4. The molecule has 0 spiro atoms. The fraction of sp³-hybridized carbons (Fsp3) is 0.545. The van der Waals surface area contributed by atoms with Gasteiger partial charge in [-0.1, -0.05) is 94.3 Å². The van der Waals surface area contributed by atoms with Crippen LogP contribution in [0.4, 0.5) is 0 Å². The topological polar surface area (TPSA) is 133 Å². The molecule has 4 fully saturated rings. The van der Waals surface area contributed by atoms with Gasteiger partial charge >= 0.3 is 71.1 Å². The van der Waals surface area contributed by atoms with Gasteiger partial charge in [-0.25, -0.2) is 9.59 Å². The SMILES string of the molecule is CC1(OC(=O)c2ccccc2C(=O)[O-])CCC2(C)CCC3C(=CC=C4[C@@]3(C)CCC3C(C)(C)[C@@H](OC(=O)c5ccccc5C(=O)[O-])CC[C@]43C)C2C1.[Na+].[Na+]. The maximum Gasteiger partial charge on any atom is 1.00 e. The van der Waals surface area contributed by atoms with E-state index in [0.29, 0.717) is 18.8 Å². The quantitative estimate of drug-likeness (QED) is 0.314. The van der Waals surface area contributed by atoms with Crippen LogP contribution in [0, 0.1) is 39.4 Å². The number of fused-ring (bicyclic) bond motifs is 7. The Bertz CT molecular complexity index is 1920. The summed E-state index contributed by atoms with van der Waals surface area (Å²) in [5, 5.41) is 23.5. The maximum atomic E-state index is 13.4. The second-order valence-corrected chi connectivity index (χ2v) is 17.9. The van der Waals surface area contributed by atoms with Crippen molar-refractivity contribution in [2.24, 2.45) is 39.4 Å². The van der Waals surface area contributed by atoms with Crippen molar-refractivity contribution in [1.82, 2.24) is 0 Å². The summed E-state index contributed by atoms with van der Waals surface area (Å²) in [6.07, 6.45) is 12.5. The van der Waals surface area contributed by atoms with Crippen LogP contribution in [-0.2, 0) is 9.47 Å². The van der Waals surface area contributed by atoms with Crippen molar-refractivity contribution in [1.29, 1.82) is 0 Å². The third-order valence-electron chi connectivity index (χ3n) is 14.7. The first-order chi connectivity index (χ1) is 24.4. The van der Waals surface area contributed by atoms with Crippen LogP contribution >= 0.6 is 0 Å². The summed E-state index contributed by atoms with van der Waals surface area (Å²) in [5.74, 6) is -3.19. The van der Waals surface area contributed by atoms with Crippen molar-refractivity contribution in [3.8, 4) is 0 Å². The molecule has 8 nitrogen and oxygen atoms in total. The Balaban J connectivity index is 0.00000280. The largest absolute Gasteiger partial charge is 1.00 e. The zero-order chi connectivity index (χ0) is 37.4. The van der Waals surface area contributed by atoms with Gasteiger partial charge < -0.3 is 29.3 Å². The van der Waals surface area contributed by atoms with E-state index >= 15 is 0 Å². The molecule has 276 valence electrons. The molecule has 2 aromatic carbocycles. The fourth-order valence-electron chi connectivity index (χ4n) is 11.8. The van der Waals surface area contributed by atoms with Gasteiger partial charge in [0.2, 0.25) is 0 Å². The van der Waals surface area contributed by atoms with E-state index in [1.165, 1.54) is 35.4 Å². The van der Waals surface area contributed by atoms with Crippen molar-refractivity contribution in [2.75, 3.05) is 0 Å². The first-order valence-corrected chi connectivity index (χ1v) is 18.9. The summed E-state index contributed by atoms with van der Waals surface area (Å²) in [5.41, 5.74) is 1.52. The average molecular weight is 753 g/mol. The third kappa shape index (κ3) is 7.04. The number of benzene rings is 2. The molecule has 0 amide bonds. The summed E-state index contributed by atoms with van der Waals surface area (Å²) < 4.78 is 12.4. The molecule has 5 aliphatic carbocycles. The summed E-state index contributed by atoms with van der Waals surface area (Å²) >= 11 is 0. The number of carboxylic acid groups (broad SMARTS) is 2. The Morgan fingerprint density at radius 3 is 1.78 bits per heavy atom. The van der Waals surface area contributed by atoms with Crippen LogP contribution in [0.5, 0.6) is 0 Å². The Morgan fingerprint density at radius 2 is 1.19 bits per heavy atom. The number of esters is 2. The summed E-state index contributed by atoms with van der Waals surface area (Å²) in [6.45, 7) is 13.6. The molecule has 0 heterocycles. The Hall–Kier alpha value is -2.20. The number of aromatic carboxylic acids is 2. The van der Waals surface area contributed by atoms with Gasteiger partial charge in [0.1, 0.15) is 11.7 Å². The second kappa shape index (κ2) is 15.3. The average Bonchev–Trinajstić information content (AvgIpc) is 3.09. The van der Waals surface area contributed by atoms with E-state index in [-0.39, 0.29) is 121 Å².